The van der Waals surface area contributed by atoms with Crippen molar-refractivity contribution in [1.82, 2.24) is 15.1 Å². The van der Waals surface area contributed by atoms with Gasteiger partial charge in [-0.25, -0.2) is 0 Å². The minimum Gasteiger partial charge on any atom is -0.393 e. The molecule has 0 aromatic carbocycles. The standard InChI is InChI=1S/C10H19N3O/c1-8(14)4-5-11-9(2)10-6-12-13(3)7-10/h6-9,11,14H,4-5H2,1-3H3. The Hall–Kier alpha value is -0.870. The van der Waals surface area contributed by atoms with Crippen LogP contribution in [-0.4, -0.2) is 27.5 Å². The predicted molar refractivity (Wildman–Crippen MR) is 55.9 cm³/mol. The van der Waals surface area contributed by atoms with E-state index in [-0.39, 0.29) is 6.10 Å². The Kier molecular flexibility index (Phi) is 4.10. The zero-order valence-electron chi connectivity index (χ0n) is 9.07. The summed E-state index contributed by atoms with van der Waals surface area (Å²) in [5, 5.41) is 16.5. The van der Waals surface area contributed by atoms with Gasteiger partial charge in [-0.1, -0.05) is 0 Å². The molecule has 80 valence electrons. The third-order valence-corrected chi connectivity index (χ3v) is 2.24. The van der Waals surface area contributed by atoms with E-state index >= 15 is 0 Å². The lowest BCUT2D eigenvalue weighted by atomic mass is 10.2. The summed E-state index contributed by atoms with van der Waals surface area (Å²) in [5.74, 6) is 0. The molecule has 0 saturated heterocycles. The van der Waals surface area contributed by atoms with Gasteiger partial charge >= 0.3 is 0 Å². The molecule has 2 N–H and O–H groups in total. The summed E-state index contributed by atoms with van der Waals surface area (Å²) in [6.07, 6.45) is 4.41. The zero-order valence-corrected chi connectivity index (χ0v) is 9.07. The van der Waals surface area contributed by atoms with Gasteiger partial charge in [-0.15, -0.1) is 0 Å². The van der Waals surface area contributed by atoms with Crippen LogP contribution in [0.1, 0.15) is 31.9 Å². The van der Waals surface area contributed by atoms with Crippen LogP contribution in [0.25, 0.3) is 0 Å². The molecule has 2 atom stereocenters. The van der Waals surface area contributed by atoms with E-state index in [1.54, 1.807) is 11.6 Å². The predicted octanol–water partition coefficient (Wildman–Crippen LogP) is 0.842. The summed E-state index contributed by atoms with van der Waals surface area (Å²) in [6.45, 7) is 4.73. The first-order chi connectivity index (χ1) is 6.59. The molecule has 0 aliphatic rings. The monoisotopic (exact) mass is 197 g/mol. The van der Waals surface area contributed by atoms with Crippen molar-refractivity contribution >= 4 is 0 Å². The Morgan fingerprint density at radius 1 is 1.57 bits per heavy atom. The van der Waals surface area contributed by atoms with Crippen LogP contribution in [0, 0.1) is 0 Å². The molecule has 0 saturated carbocycles. The number of aliphatic hydroxyl groups is 1. The zero-order chi connectivity index (χ0) is 10.6. The molecule has 0 amide bonds. The number of aryl methyl sites for hydroxylation is 1. The molecular formula is C10H19N3O. The van der Waals surface area contributed by atoms with Crippen LogP contribution < -0.4 is 5.32 Å². The molecule has 0 bridgehead atoms. The summed E-state index contributed by atoms with van der Waals surface area (Å²) in [6, 6.07) is 0.294. The molecule has 14 heavy (non-hydrogen) atoms. The van der Waals surface area contributed by atoms with E-state index in [1.807, 2.05) is 19.4 Å². The van der Waals surface area contributed by atoms with Gasteiger partial charge in [0, 0.05) is 24.8 Å². The Balaban J connectivity index is 2.32. The highest BCUT2D eigenvalue weighted by molar-refractivity contribution is 5.08. The average molecular weight is 197 g/mol. The first kappa shape index (κ1) is 11.2. The summed E-state index contributed by atoms with van der Waals surface area (Å²) >= 11 is 0. The highest BCUT2D eigenvalue weighted by Gasteiger charge is 2.06. The summed E-state index contributed by atoms with van der Waals surface area (Å²) in [4.78, 5) is 0. The van der Waals surface area contributed by atoms with Crippen molar-refractivity contribution < 1.29 is 5.11 Å². The molecule has 1 heterocycles. The molecule has 0 spiro atoms. The van der Waals surface area contributed by atoms with Crippen molar-refractivity contribution in [2.45, 2.75) is 32.4 Å². The van der Waals surface area contributed by atoms with E-state index in [4.69, 9.17) is 5.11 Å². The maximum Gasteiger partial charge on any atom is 0.0537 e. The fourth-order valence-corrected chi connectivity index (χ4v) is 1.29. The van der Waals surface area contributed by atoms with Crippen LogP contribution in [0.5, 0.6) is 0 Å². The molecule has 0 aliphatic carbocycles. The van der Waals surface area contributed by atoms with Gasteiger partial charge in [0.15, 0.2) is 0 Å². The second-order valence-corrected chi connectivity index (χ2v) is 3.76. The fourth-order valence-electron chi connectivity index (χ4n) is 1.29. The first-order valence-corrected chi connectivity index (χ1v) is 4.99. The number of hydrogen-bond donors (Lipinski definition) is 2. The third-order valence-electron chi connectivity index (χ3n) is 2.24. The molecule has 0 fully saturated rings. The third kappa shape index (κ3) is 3.47. The van der Waals surface area contributed by atoms with Crippen molar-refractivity contribution in [2.75, 3.05) is 6.54 Å². The Morgan fingerprint density at radius 3 is 2.79 bits per heavy atom. The van der Waals surface area contributed by atoms with Crippen LogP contribution in [-0.2, 0) is 7.05 Å². The number of aromatic nitrogens is 2. The van der Waals surface area contributed by atoms with Crippen LogP contribution >= 0.6 is 0 Å². The van der Waals surface area contributed by atoms with E-state index in [9.17, 15) is 0 Å². The quantitative estimate of drug-likeness (QED) is 0.735. The normalized spacial score (nSPS) is 15.4. The van der Waals surface area contributed by atoms with Crippen LogP contribution in [0.4, 0.5) is 0 Å². The van der Waals surface area contributed by atoms with Crippen LogP contribution in [0.15, 0.2) is 12.4 Å². The molecule has 0 radical (unpaired) electrons. The highest BCUT2D eigenvalue weighted by Crippen LogP contribution is 2.09. The average Bonchev–Trinajstić information content (AvgIpc) is 2.51. The molecule has 1 aromatic heterocycles. The van der Waals surface area contributed by atoms with E-state index in [0.29, 0.717) is 6.04 Å². The van der Waals surface area contributed by atoms with E-state index in [0.717, 1.165) is 13.0 Å². The van der Waals surface area contributed by atoms with E-state index in [2.05, 4.69) is 17.3 Å². The molecule has 1 rings (SSSR count). The lowest BCUT2D eigenvalue weighted by Gasteiger charge is -2.12. The maximum atomic E-state index is 9.08. The number of rotatable bonds is 5. The van der Waals surface area contributed by atoms with Crippen molar-refractivity contribution in [3.8, 4) is 0 Å². The topological polar surface area (TPSA) is 50.1 Å². The summed E-state index contributed by atoms with van der Waals surface area (Å²) in [5.41, 5.74) is 1.18. The summed E-state index contributed by atoms with van der Waals surface area (Å²) < 4.78 is 1.79. The lowest BCUT2D eigenvalue weighted by molar-refractivity contribution is 0.182. The van der Waals surface area contributed by atoms with Crippen LogP contribution in [0.2, 0.25) is 0 Å². The van der Waals surface area contributed by atoms with Crippen molar-refractivity contribution in [3.63, 3.8) is 0 Å². The maximum absolute atomic E-state index is 9.08. The first-order valence-electron chi connectivity index (χ1n) is 4.99. The minimum absolute atomic E-state index is 0.233. The van der Waals surface area contributed by atoms with Gasteiger partial charge in [-0.3, -0.25) is 4.68 Å². The lowest BCUT2D eigenvalue weighted by Crippen LogP contribution is -2.22. The number of aliphatic hydroxyl groups excluding tert-OH is 1. The van der Waals surface area contributed by atoms with Crippen molar-refractivity contribution in [3.05, 3.63) is 18.0 Å². The van der Waals surface area contributed by atoms with Gasteiger partial charge in [-0.2, -0.15) is 5.10 Å². The van der Waals surface area contributed by atoms with Gasteiger partial charge in [-0.05, 0) is 26.8 Å². The summed E-state index contributed by atoms with van der Waals surface area (Å²) in [7, 11) is 1.91. The van der Waals surface area contributed by atoms with Gasteiger partial charge in [0.05, 0.1) is 12.3 Å². The van der Waals surface area contributed by atoms with Gasteiger partial charge in [0.1, 0.15) is 0 Å². The Labute approximate surface area is 84.9 Å². The SMILES string of the molecule is CC(O)CCNC(C)c1cnn(C)c1. The molecule has 4 nitrogen and oxygen atoms in total. The highest BCUT2D eigenvalue weighted by atomic mass is 16.3. The van der Waals surface area contributed by atoms with Gasteiger partial charge < -0.3 is 10.4 Å². The van der Waals surface area contributed by atoms with Crippen molar-refractivity contribution in [2.24, 2.45) is 7.05 Å². The van der Waals surface area contributed by atoms with Gasteiger partial charge in [0.25, 0.3) is 0 Å². The van der Waals surface area contributed by atoms with Gasteiger partial charge in [0.2, 0.25) is 0 Å². The van der Waals surface area contributed by atoms with E-state index in [1.165, 1.54) is 5.56 Å². The molecule has 2 unspecified atom stereocenters. The number of nitrogens with zero attached hydrogens (tertiary/aromatic N) is 2. The number of nitrogens with one attached hydrogen (secondary N) is 1. The molecule has 4 heteroatoms. The molecule has 1 aromatic rings. The Bertz CT molecular complexity index is 270. The van der Waals surface area contributed by atoms with E-state index < -0.39 is 0 Å². The van der Waals surface area contributed by atoms with Crippen molar-refractivity contribution in [1.29, 1.82) is 0 Å². The molecule has 0 aliphatic heterocycles. The Morgan fingerprint density at radius 2 is 2.29 bits per heavy atom. The fraction of sp³-hybridized carbons (Fsp3) is 0.700. The van der Waals surface area contributed by atoms with Crippen LogP contribution in [0.3, 0.4) is 0 Å². The minimum atomic E-state index is -0.233. The second kappa shape index (κ2) is 5.12. The smallest absolute Gasteiger partial charge is 0.0537 e. The largest absolute Gasteiger partial charge is 0.393 e. The number of hydrogen-bond acceptors (Lipinski definition) is 3. The molecular weight excluding hydrogens is 178 g/mol. The second-order valence-electron chi connectivity index (χ2n) is 3.76.